The monoisotopic (exact) mass is 815 g/mol. The van der Waals surface area contributed by atoms with Crippen LogP contribution in [0.1, 0.15) is 71.8 Å². The number of amides is 1. The molecule has 1 saturated heterocycles. The predicted molar refractivity (Wildman–Crippen MR) is 238 cm³/mol. The molecule has 0 aliphatic carbocycles. The molecule has 1 amide bonds. The Morgan fingerprint density at radius 2 is 1.36 bits per heavy atom. The maximum absolute atomic E-state index is 14.4. The lowest BCUT2D eigenvalue weighted by Crippen LogP contribution is -2.52. The number of carboxylic acid groups (broad SMARTS) is 1. The van der Waals surface area contributed by atoms with Crippen LogP contribution in [0.3, 0.4) is 0 Å². The van der Waals surface area contributed by atoms with E-state index in [-0.39, 0.29) is 17.3 Å². The normalized spacial score (nSPS) is 16.6. The molecule has 1 heterocycles. The molecule has 0 saturated carbocycles. The van der Waals surface area contributed by atoms with Gasteiger partial charge >= 0.3 is 11.9 Å². The van der Waals surface area contributed by atoms with Crippen LogP contribution in [0.4, 0.5) is 5.69 Å². The van der Waals surface area contributed by atoms with E-state index in [9.17, 15) is 19.5 Å². The first-order chi connectivity index (χ1) is 28.0. The molecule has 0 spiro atoms. The highest BCUT2D eigenvalue weighted by molar-refractivity contribution is 8.01. The number of rotatable bonds is 17. The second kappa shape index (κ2) is 19.6. The summed E-state index contributed by atoms with van der Waals surface area (Å²) in [5.74, 6) is -1.31. The summed E-state index contributed by atoms with van der Waals surface area (Å²) in [5.41, 5.74) is 5.40. The summed E-state index contributed by atoms with van der Waals surface area (Å²) in [6.45, 7) is 6.32. The second-order valence-corrected chi connectivity index (χ2v) is 18.0. The topological polar surface area (TPSA) is 117 Å². The minimum atomic E-state index is -1.07. The van der Waals surface area contributed by atoms with Crippen LogP contribution >= 0.6 is 23.5 Å². The van der Waals surface area contributed by atoms with Gasteiger partial charge in [-0.05, 0) is 105 Å². The van der Waals surface area contributed by atoms with Gasteiger partial charge in [-0.25, -0.2) is 9.59 Å². The number of carbonyl (C=O) groups excluding carboxylic acids is 2. The number of esters is 1. The Morgan fingerprint density at radius 3 is 1.88 bits per heavy atom. The smallest absolute Gasteiger partial charge is 0.330 e. The lowest BCUT2D eigenvalue weighted by molar-refractivity contribution is -0.156. The number of carbonyl (C=O) groups is 3. The van der Waals surface area contributed by atoms with E-state index in [2.05, 4.69) is 88.7 Å². The molecule has 58 heavy (non-hydrogen) atoms. The number of carboxylic acids is 1. The van der Waals surface area contributed by atoms with Crippen molar-refractivity contribution in [3.8, 4) is 0 Å². The van der Waals surface area contributed by atoms with Gasteiger partial charge in [0.05, 0.1) is 4.75 Å². The average Bonchev–Trinajstić information content (AvgIpc) is 3.68. The summed E-state index contributed by atoms with van der Waals surface area (Å²) in [5, 5.41) is 19.9. The van der Waals surface area contributed by atoms with Gasteiger partial charge in [0.1, 0.15) is 17.7 Å². The maximum atomic E-state index is 14.4. The first-order valence-electron chi connectivity index (χ1n) is 19.7. The van der Waals surface area contributed by atoms with Gasteiger partial charge in [-0.3, -0.25) is 4.79 Å². The molecule has 0 aromatic heterocycles. The molecule has 6 rings (SSSR count). The SMILES string of the molecule is CSCC[C@H](NC(=O)c1ccc(NC(C(=O)OC(C)(C)C)C2NCCC2SC(c2ccccc2)(c2ccccc2)c2ccccc2)cc1Cc1ccccc1)C(=O)O. The van der Waals surface area contributed by atoms with E-state index in [0.29, 0.717) is 42.0 Å². The molecule has 1 fully saturated rings. The zero-order valence-corrected chi connectivity index (χ0v) is 35.2. The molecule has 3 unspecified atom stereocenters. The number of ether oxygens (including phenoxy) is 1. The third kappa shape index (κ3) is 10.5. The molecule has 5 aromatic carbocycles. The molecule has 5 aromatic rings. The highest BCUT2D eigenvalue weighted by Gasteiger charge is 2.46. The third-order valence-corrected chi connectivity index (χ3v) is 12.8. The molecule has 1 aliphatic rings. The average molecular weight is 816 g/mol. The first-order valence-corrected chi connectivity index (χ1v) is 22.0. The Kier molecular flexibility index (Phi) is 14.4. The van der Waals surface area contributed by atoms with E-state index in [0.717, 1.165) is 28.7 Å². The van der Waals surface area contributed by atoms with E-state index in [4.69, 9.17) is 4.74 Å². The van der Waals surface area contributed by atoms with Gasteiger partial charge in [-0.15, -0.1) is 11.8 Å². The van der Waals surface area contributed by atoms with Gasteiger partial charge in [0.15, 0.2) is 0 Å². The lowest BCUT2D eigenvalue weighted by atomic mass is 9.84. The van der Waals surface area contributed by atoms with Crippen molar-refractivity contribution in [2.75, 3.05) is 23.9 Å². The highest BCUT2D eigenvalue weighted by Crippen LogP contribution is 2.52. The van der Waals surface area contributed by atoms with Crippen molar-refractivity contribution >= 4 is 47.1 Å². The first kappa shape index (κ1) is 42.6. The van der Waals surface area contributed by atoms with E-state index < -0.39 is 34.3 Å². The molecule has 4 N–H and O–H groups in total. The van der Waals surface area contributed by atoms with Crippen LogP contribution in [0.5, 0.6) is 0 Å². The Balaban J connectivity index is 1.40. The van der Waals surface area contributed by atoms with Gasteiger partial charge in [-0.2, -0.15) is 11.8 Å². The summed E-state index contributed by atoms with van der Waals surface area (Å²) in [6, 6.07) is 44.7. The molecular weight excluding hydrogens is 763 g/mol. The quantitative estimate of drug-likeness (QED) is 0.0540. The molecular formula is C48H53N3O5S2. The number of aliphatic carboxylic acids is 1. The molecule has 0 bridgehead atoms. The Hall–Kier alpha value is -5.03. The van der Waals surface area contributed by atoms with Crippen LogP contribution in [0.2, 0.25) is 0 Å². The molecule has 8 nitrogen and oxygen atoms in total. The fraction of sp³-hybridized carbons (Fsp3) is 0.312. The van der Waals surface area contributed by atoms with Crippen molar-refractivity contribution in [1.29, 1.82) is 0 Å². The van der Waals surface area contributed by atoms with Crippen molar-refractivity contribution in [1.82, 2.24) is 10.6 Å². The summed E-state index contributed by atoms with van der Waals surface area (Å²) in [6.07, 6.45) is 3.45. The van der Waals surface area contributed by atoms with Gasteiger partial charge in [0, 0.05) is 22.5 Å². The predicted octanol–water partition coefficient (Wildman–Crippen LogP) is 8.79. The van der Waals surface area contributed by atoms with Crippen LogP contribution in [0, 0.1) is 0 Å². The molecule has 0 radical (unpaired) electrons. The number of nitrogens with one attached hydrogen (secondary N) is 3. The number of thioether (sulfide) groups is 2. The largest absolute Gasteiger partial charge is 0.480 e. The summed E-state index contributed by atoms with van der Waals surface area (Å²) >= 11 is 3.38. The Bertz CT molecular complexity index is 2020. The Labute approximate surface area is 351 Å². The molecule has 10 heteroatoms. The molecule has 4 atom stereocenters. The minimum absolute atomic E-state index is 0.0475. The number of hydrogen-bond donors (Lipinski definition) is 4. The van der Waals surface area contributed by atoms with Crippen LogP contribution in [-0.2, 0) is 25.5 Å². The minimum Gasteiger partial charge on any atom is -0.480 e. The van der Waals surface area contributed by atoms with Gasteiger partial charge in [-0.1, -0.05) is 121 Å². The van der Waals surface area contributed by atoms with Gasteiger partial charge < -0.3 is 25.8 Å². The molecule has 1 aliphatic heterocycles. The third-order valence-electron chi connectivity index (χ3n) is 10.2. The zero-order valence-electron chi connectivity index (χ0n) is 33.5. The number of hydrogen-bond acceptors (Lipinski definition) is 8. The van der Waals surface area contributed by atoms with Gasteiger partial charge in [0.25, 0.3) is 5.91 Å². The van der Waals surface area contributed by atoms with Crippen molar-refractivity contribution < 1.29 is 24.2 Å². The number of anilines is 1. The summed E-state index contributed by atoms with van der Waals surface area (Å²) in [4.78, 5) is 40.3. The van der Waals surface area contributed by atoms with Crippen molar-refractivity contribution in [3.63, 3.8) is 0 Å². The van der Waals surface area contributed by atoms with Crippen LogP contribution in [0.25, 0.3) is 0 Å². The van der Waals surface area contributed by atoms with Crippen molar-refractivity contribution in [3.05, 3.63) is 173 Å². The number of benzene rings is 5. The summed E-state index contributed by atoms with van der Waals surface area (Å²) in [7, 11) is 0. The Morgan fingerprint density at radius 1 is 0.810 bits per heavy atom. The van der Waals surface area contributed by atoms with Crippen molar-refractivity contribution in [2.24, 2.45) is 0 Å². The fourth-order valence-electron chi connectivity index (χ4n) is 7.55. The van der Waals surface area contributed by atoms with E-state index in [1.165, 1.54) is 11.8 Å². The highest BCUT2D eigenvalue weighted by atomic mass is 32.2. The zero-order chi connectivity index (χ0) is 41.1. The van der Waals surface area contributed by atoms with Crippen LogP contribution in [0.15, 0.2) is 140 Å². The standard InChI is InChI=1S/C48H53N3O5S2/c1-47(2,3)56-46(55)43(50-38-25-26-39(34(32-38)31-33-17-9-5-10-18-33)44(52)51-40(45(53)54)28-30-57-4)42-41(27-29-49-42)58-48(35-19-11-6-12-20-35,36-21-13-7-14-22-36)37-23-15-8-16-24-37/h5-26,32,40-43,49-50H,27-31H2,1-4H3,(H,51,52)(H,53,54)/t40-,41?,42?,43?/m0/s1. The van der Waals surface area contributed by atoms with E-state index >= 15 is 0 Å². The van der Waals surface area contributed by atoms with E-state index in [1.54, 1.807) is 12.1 Å². The van der Waals surface area contributed by atoms with Gasteiger partial charge in [0.2, 0.25) is 0 Å². The van der Waals surface area contributed by atoms with E-state index in [1.807, 2.05) is 93.4 Å². The molecule has 302 valence electrons. The fourth-order valence-corrected chi connectivity index (χ4v) is 9.93. The van der Waals surface area contributed by atoms with Crippen molar-refractivity contribution in [2.45, 2.75) is 73.8 Å². The lowest BCUT2D eigenvalue weighted by Gasteiger charge is -2.40. The summed E-state index contributed by atoms with van der Waals surface area (Å²) < 4.78 is 5.53. The van der Waals surface area contributed by atoms with Crippen LogP contribution < -0.4 is 16.0 Å². The second-order valence-electron chi connectivity index (χ2n) is 15.5. The maximum Gasteiger partial charge on any atom is 0.330 e. The van der Waals surface area contributed by atoms with Crippen LogP contribution in [-0.4, -0.2) is 70.5 Å².